The number of fused-ring (bicyclic) bond motifs is 5. The molecule has 0 aromatic heterocycles. The number of carbonyl (C=O) groups excluding carboxylic acids is 1. The van der Waals surface area contributed by atoms with E-state index >= 15 is 0 Å². The number of carbonyl (C=O) groups is 2. The number of Topliss-reactive ketones (excluding diaryl/α,β-unsaturated/α-hetero) is 1. The minimum absolute atomic E-state index is 0.0544. The van der Waals surface area contributed by atoms with Crippen molar-refractivity contribution in [3.05, 3.63) is 0 Å². The molecule has 0 spiro atoms. The molecule has 0 aromatic rings. The summed E-state index contributed by atoms with van der Waals surface area (Å²) in [6.07, 6.45) is 6.31. The lowest BCUT2D eigenvalue weighted by Crippen LogP contribution is -2.59. The number of carboxylic acid groups (broad SMARTS) is 1. The lowest BCUT2D eigenvalue weighted by molar-refractivity contribution is -0.178. The SMILES string of the molecule is CC.CC12CC(O)C3C(CCC4CC(=O)CCC43C)C1CCC2C(=O)O. The highest BCUT2D eigenvalue weighted by molar-refractivity contribution is 5.79. The molecule has 4 heteroatoms. The molecule has 2 N–H and O–H groups in total. The van der Waals surface area contributed by atoms with Crippen LogP contribution in [0, 0.1) is 40.4 Å². The van der Waals surface area contributed by atoms with Crippen LogP contribution in [0.25, 0.3) is 0 Å². The summed E-state index contributed by atoms with van der Waals surface area (Å²) >= 11 is 0. The second kappa shape index (κ2) is 6.92. The summed E-state index contributed by atoms with van der Waals surface area (Å²) in [7, 11) is 0. The Hall–Kier alpha value is -0.900. The van der Waals surface area contributed by atoms with Crippen molar-refractivity contribution >= 4 is 11.8 Å². The van der Waals surface area contributed by atoms with Crippen LogP contribution >= 0.6 is 0 Å². The van der Waals surface area contributed by atoms with Crippen LogP contribution < -0.4 is 0 Å². The van der Waals surface area contributed by atoms with E-state index in [4.69, 9.17) is 0 Å². The number of hydrogen-bond acceptors (Lipinski definition) is 3. The second-order valence-corrected chi connectivity index (χ2v) is 9.56. The van der Waals surface area contributed by atoms with E-state index in [9.17, 15) is 19.8 Å². The van der Waals surface area contributed by atoms with Gasteiger partial charge in [0.15, 0.2) is 0 Å². The van der Waals surface area contributed by atoms with Crippen LogP contribution in [0.1, 0.15) is 79.1 Å². The quantitative estimate of drug-likeness (QED) is 0.727. The molecule has 0 amide bonds. The first-order valence-corrected chi connectivity index (χ1v) is 10.7. The average molecular weight is 365 g/mol. The Balaban J connectivity index is 0.000000948. The largest absolute Gasteiger partial charge is 0.481 e. The standard InChI is InChI=1S/C20H30O4.C2H6/c1-19-8-7-12(21)9-11(19)3-4-13-14-5-6-15(18(23)24)20(14,2)10-16(22)17(13)19;1-2/h11,13-17,22H,3-10H2,1-2H3,(H,23,24);1-2H3. The maximum Gasteiger partial charge on any atom is 0.307 e. The van der Waals surface area contributed by atoms with Gasteiger partial charge in [-0.05, 0) is 73.0 Å². The van der Waals surface area contributed by atoms with Gasteiger partial charge in [0.1, 0.15) is 5.78 Å². The van der Waals surface area contributed by atoms with E-state index in [0.717, 1.165) is 32.1 Å². The zero-order valence-electron chi connectivity index (χ0n) is 16.8. The fourth-order valence-electron chi connectivity index (χ4n) is 7.58. The molecule has 8 unspecified atom stereocenters. The van der Waals surface area contributed by atoms with Gasteiger partial charge in [-0.25, -0.2) is 0 Å². The van der Waals surface area contributed by atoms with Crippen molar-refractivity contribution in [2.24, 2.45) is 40.4 Å². The Bertz CT molecular complexity index is 572. The molecule has 0 aliphatic heterocycles. The van der Waals surface area contributed by atoms with Gasteiger partial charge in [-0.1, -0.05) is 27.7 Å². The Morgan fingerprint density at radius 1 is 1.08 bits per heavy atom. The van der Waals surface area contributed by atoms with Gasteiger partial charge in [-0.2, -0.15) is 0 Å². The second-order valence-electron chi connectivity index (χ2n) is 9.56. The fourth-order valence-corrected chi connectivity index (χ4v) is 7.58. The summed E-state index contributed by atoms with van der Waals surface area (Å²) in [5.74, 6) is 0.897. The summed E-state index contributed by atoms with van der Waals surface area (Å²) in [4.78, 5) is 23.7. The molecule has 4 saturated carbocycles. The maximum atomic E-state index is 11.9. The summed E-state index contributed by atoms with van der Waals surface area (Å²) in [5, 5.41) is 20.8. The molecule has 0 aromatic carbocycles. The lowest BCUT2D eigenvalue weighted by atomic mass is 9.44. The molecule has 8 atom stereocenters. The van der Waals surface area contributed by atoms with Crippen LogP contribution in [0.15, 0.2) is 0 Å². The normalized spacial score (nSPS) is 50.0. The molecule has 26 heavy (non-hydrogen) atoms. The molecule has 4 fully saturated rings. The highest BCUT2D eigenvalue weighted by atomic mass is 16.4. The molecule has 4 aliphatic rings. The lowest BCUT2D eigenvalue weighted by Gasteiger charge is -2.61. The van der Waals surface area contributed by atoms with Crippen LogP contribution in [0.2, 0.25) is 0 Å². The monoisotopic (exact) mass is 364 g/mol. The van der Waals surface area contributed by atoms with Gasteiger partial charge in [0.05, 0.1) is 12.0 Å². The van der Waals surface area contributed by atoms with Crippen molar-refractivity contribution in [1.82, 2.24) is 0 Å². The Labute approximate surface area is 157 Å². The van der Waals surface area contributed by atoms with Gasteiger partial charge in [0.25, 0.3) is 0 Å². The Morgan fingerprint density at radius 2 is 1.77 bits per heavy atom. The summed E-state index contributed by atoms with van der Waals surface area (Å²) in [5.41, 5.74) is -0.209. The van der Waals surface area contributed by atoms with Crippen LogP contribution in [-0.2, 0) is 9.59 Å². The number of hydrogen-bond donors (Lipinski definition) is 2. The minimum Gasteiger partial charge on any atom is -0.481 e. The highest BCUT2D eigenvalue weighted by Gasteiger charge is 2.64. The number of rotatable bonds is 1. The maximum absolute atomic E-state index is 11.9. The van der Waals surface area contributed by atoms with Gasteiger partial charge < -0.3 is 10.2 Å². The van der Waals surface area contributed by atoms with E-state index in [-0.39, 0.29) is 22.7 Å². The molecule has 4 aliphatic carbocycles. The van der Waals surface area contributed by atoms with Gasteiger partial charge >= 0.3 is 5.97 Å². The molecule has 148 valence electrons. The van der Waals surface area contributed by atoms with E-state index in [1.165, 1.54) is 0 Å². The van der Waals surface area contributed by atoms with Crippen LogP contribution in [0.4, 0.5) is 0 Å². The van der Waals surface area contributed by atoms with Crippen molar-refractivity contribution in [3.8, 4) is 0 Å². The van der Waals surface area contributed by atoms with E-state index in [1.54, 1.807) is 0 Å². The first-order valence-electron chi connectivity index (χ1n) is 10.7. The van der Waals surface area contributed by atoms with Crippen LogP contribution in [-0.4, -0.2) is 28.1 Å². The first kappa shape index (κ1) is 19.9. The third-order valence-corrected chi connectivity index (χ3v) is 8.71. The zero-order valence-corrected chi connectivity index (χ0v) is 16.8. The minimum atomic E-state index is -0.686. The molecular weight excluding hydrogens is 328 g/mol. The van der Waals surface area contributed by atoms with Crippen molar-refractivity contribution in [1.29, 1.82) is 0 Å². The molecule has 0 heterocycles. The molecule has 4 nitrogen and oxygen atoms in total. The topological polar surface area (TPSA) is 74.6 Å². The smallest absolute Gasteiger partial charge is 0.307 e. The molecule has 0 bridgehead atoms. The predicted octanol–water partition coefficient (Wildman–Crippen LogP) is 4.30. The van der Waals surface area contributed by atoms with Crippen LogP contribution in [0.3, 0.4) is 0 Å². The average Bonchev–Trinajstić information content (AvgIpc) is 2.93. The van der Waals surface area contributed by atoms with Crippen molar-refractivity contribution in [2.45, 2.75) is 85.2 Å². The molecular formula is C22H36O4. The van der Waals surface area contributed by atoms with Crippen molar-refractivity contribution in [3.63, 3.8) is 0 Å². The number of carboxylic acids is 1. The number of aliphatic hydroxyl groups excluding tert-OH is 1. The van der Waals surface area contributed by atoms with E-state index < -0.39 is 12.1 Å². The Morgan fingerprint density at radius 3 is 2.42 bits per heavy atom. The van der Waals surface area contributed by atoms with Crippen LogP contribution in [0.5, 0.6) is 0 Å². The molecule has 0 radical (unpaired) electrons. The summed E-state index contributed by atoms with van der Waals surface area (Å²) in [6.45, 7) is 8.41. The van der Waals surface area contributed by atoms with E-state index in [0.29, 0.717) is 42.8 Å². The highest BCUT2D eigenvalue weighted by Crippen LogP contribution is 2.67. The fraction of sp³-hybridized carbons (Fsp3) is 0.909. The number of aliphatic carboxylic acids is 1. The van der Waals surface area contributed by atoms with Crippen molar-refractivity contribution < 1.29 is 19.8 Å². The van der Waals surface area contributed by atoms with Gasteiger partial charge in [0, 0.05) is 12.8 Å². The molecule has 0 saturated heterocycles. The van der Waals surface area contributed by atoms with E-state index in [2.05, 4.69) is 13.8 Å². The third-order valence-electron chi connectivity index (χ3n) is 8.71. The number of ketones is 1. The Kier molecular flexibility index (Phi) is 5.29. The third kappa shape index (κ3) is 2.75. The van der Waals surface area contributed by atoms with Gasteiger partial charge in [-0.3, -0.25) is 9.59 Å². The number of aliphatic hydroxyl groups is 1. The first-order chi connectivity index (χ1) is 12.3. The van der Waals surface area contributed by atoms with Crippen molar-refractivity contribution in [2.75, 3.05) is 0 Å². The summed E-state index contributed by atoms with van der Waals surface area (Å²) < 4.78 is 0. The zero-order chi connectivity index (χ0) is 19.3. The van der Waals surface area contributed by atoms with E-state index in [1.807, 2.05) is 13.8 Å². The summed E-state index contributed by atoms with van der Waals surface area (Å²) in [6, 6.07) is 0. The van der Waals surface area contributed by atoms with Gasteiger partial charge in [0.2, 0.25) is 0 Å². The van der Waals surface area contributed by atoms with Gasteiger partial charge in [-0.15, -0.1) is 0 Å². The molecule has 4 rings (SSSR count). The predicted molar refractivity (Wildman–Crippen MR) is 101 cm³/mol.